The zero-order valence-corrected chi connectivity index (χ0v) is 19.5. The molecule has 0 saturated heterocycles. The molecule has 0 radical (unpaired) electrons. The first-order chi connectivity index (χ1) is 16.8. The molecule has 2 aromatic heterocycles. The Kier molecular flexibility index (Phi) is 6.79. The minimum absolute atomic E-state index is 0.0188. The molecule has 0 unspecified atom stereocenters. The maximum atomic E-state index is 12.7. The Balaban J connectivity index is 1.19. The Labute approximate surface area is 202 Å². The van der Waals surface area contributed by atoms with Crippen LogP contribution >= 0.6 is 11.3 Å². The quantitative estimate of drug-likeness (QED) is 0.305. The summed E-state index contributed by atoms with van der Waals surface area (Å²) in [5.74, 6) is -0.0188. The third kappa shape index (κ3) is 5.25. The molecule has 6 heteroatoms. The lowest BCUT2D eigenvalue weighted by atomic mass is 10.1. The van der Waals surface area contributed by atoms with Gasteiger partial charge in [0.25, 0.3) is 0 Å². The molecule has 3 aromatic carbocycles. The molecule has 2 heterocycles. The summed E-state index contributed by atoms with van der Waals surface area (Å²) in [6, 6.07) is 28.3. The SMILES string of the molecule is O=C(Cc1csc2nc(-c3ccccc3)cn12)NCc1ccccc1COCc1ccccc1. The molecule has 0 bridgehead atoms. The maximum absolute atomic E-state index is 12.7. The number of hydrogen-bond donors (Lipinski definition) is 1. The van der Waals surface area contributed by atoms with Crippen LogP contribution in [0.15, 0.2) is 96.5 Å². The van der Waals surface area contributed by atoms with E-state index in [0.29, 0.717) is 26.2 Å². The van der Waals surface area contributed by atoms with Crippen LogP contribution in [0.2, 0.25) is 0 Å². The first-order valence-electron chi connectivity index (χ1n) is 11.2. The lowest BCUT2D eigenvalue weighted by Crippen LogP contribution is -2.25. The summed E-state index contributed by atoms with van der Waals surface area (Å²) in [6.07, 6.45) is 2.31. The molecule has 0 atom stereocenters. The van der Waals surface area contributed by atoms with E-state index in [1.54, 1.807) is 11.3 Å². The number of thiazole rings is 1. The topological polar surface area (TPSA) is 55.6 Å². The Morgan fingerprint density at radius 1 is 0.882 bits per heavy atom. The number of carbonyl (C=O) groups is 1. The van der Waals surface area contributed by atoms with Gasteiger partial charge in [0.15, 0.2) is 4.96 Å². The summed E-state index contributed by atoms with van der Waals surface area (Å²) >= 11 is 1.55. The van der Waals surface area contributed by atoms with Crippen molar-refractivity contribution in [3.05, 3.63) is 119 Å². The van der Waals surface area contributed by atoms with Gasteiger partial charge in [0.2, 0.25) is 5.91 Å². The monoisotopic (exact) mass is 467 g/mol. The van der Waals surface area contributed by atoms with Crippen LogP contribution < -0.4 is 5.32 Å². The van der Waals surface area contributed by atoms with Gasteiger partial charge < -0.3 is 10.1 Å². The highest BCUT2D eigenvalue weighted by Crippen LogP contribution is 2.23. The van der Waals surface area contributed by atoms with Gasteiger partial charge in [-0.25, -0.2) is 4.98 Å². The normalized spacial score (nSPS) is 11.1. The molecule has 0 fully saturated rings. The van der Waals surface area contributed by atoms with Crippen molar-refractivity contribution >= 4 is 22.2 Å². The van der Waals surface area contributed by atoms with Crippen LogP contribution in [-0.2, 0) is 35.7 Å². The molecular formula is C28H25N3O2S. The molecule has 0 saturated carbocycles. The molecule has 1 N–H and O–H groups in total. The average Bonchev–Trinajstić information content (AvgIpc) is 3.47. The number of aromatic nitrogens is 2. The summed E-state index contributed by atoms with van der Waals surface area (Å²) < 4.78 is 7.92. The van der Waals surface area contributed by atoms with Crippen LogP contribution in [0.5, 0.6) is 0 Å². The molecule has 34 heavy (non-hydrogen) atoms. The number of benzene rings is 3. The van der Waals surface area contributed by atoms with E-state index in [1.807, 2.05) is 88.8 Å². The highest BCUT2D eigenvalue weighted by Gasteiger charge is 2.13. The second-order valence-corrected chi connectivity index (χ2v) is 8.91. The van der Waals surface area contributed by atoms with Crippen molar-refractivity contribution in [1.82, 2.24) is 14.7 Å². The van der Waals surface area contributed by atoms with E-state index in [-0.39, 0.29) is 5.91 Å². The van der Waals surface area contributed by atoms with Crippen molar-refractivity contribution < 1.29 is 9.53 Å². The van der Waals surface area contributed by atoms with Gasteiger partial charge in [0, 0.05) is 29.4 Å². The van der Waals surface area contributed by atoms with Crippen molar-refractivity contribution in [2.75, 3.05) is 0 Å². The summed E-state index contributed by atoms with van der Waals surface area (Å²) in [5, 5.41) is 5.07. The fraction of sp³-hybridized carbons (Fsp3) is 0.143. The van der Waals surface area contributed by atoms with Crippen LogP contribution in [0.3, 0.4) is 0 Å². The minimum atomic E-state index is -0.0188. The molecule has 170 valence electrons. The number of fused-ring (bicyclic) bond motifs is 1. The van der Waals surface area contributed by atoms with E-state index in [4.69, 9.17) is 9.72 Å². The summed E-state index contributed by atoms with van der Waals surface area (Å²) in [7, 11) is 0. The van der Waals surface area contributed by atoms with Crippen molar-refractivity contribution in [1.29, 1.82) is 0 Å². The van der Waals surface area contributed by atoms with E-state index in [9.17, 15) is 4.79 Å². The number of nitrogens with one attached hydrogen (secondary N) is 1. The Morgan fingerprint density at radius 3 is 2.38 bits per heavy atom. The van der Waals surface area contributed by atoms with Gasteiger partial charge in [-0.1, -0.05) is 84.9 Å². The van der Waals surface area contributed by atoms with Crippen LogP contribution in [0, 0.1) is 0 Å². The summed E-state index contributed by atoms with van der Waals surface area (Å²) in [6.45, 7) is 1.53. The highest BCUT2D eigenvalue weighted by atomic mass is 32.1. The maximum Gasteiger partial charge on any atom is 0.226 e. The number of imidazole rings is 1. The molecule has 5 aromatic rings. The Hall–Kier alpha value is -3.74. The standard InChI is InChI=1S/C28H25N3O2S/c32-27(15-25-20-34-28-30-26(17-31(25)28)22-11-5-2-6-12-22)29-16-23-13-7-8-14-24(23)19-33-18-21-9-3-1-4-10-21/h1-14,17,20H,15-16,18-19H2,(H,29,32). The number of rotatable bonds is 9. The minimum Gasteiger partial charge on any atom is -0.372 e. The van der Waals surface area contributed by atoms with E-state index in [1.165, 1.54) is 0 Å². The second kappa shape index (κ2) is 10.5. The molecule has 5 nitrogen and oxygen atoms in total. The third-order valence-electron chi connectivity index (χ3n) is 5.66. The number of ether oxygens (including phenoxy) is 1. The van der Waals surface area contributed by atoms with E-state index in [2.05, 4.69) is 17.4 Å². The number of carbonyl (C=O) groups excluding carboxylic acids is 1. The van der Waals surface area contributed by atoms with E-state index < -0.39 is 0 Å². The van der Waals surface area contributed by atoms with Crippen molar-refractivity contribution in [2.45, 2.75) is 26.2 Å². The van der Waals surface area contributed by atoms with Gasteiger partial charge in [-0.15, -0.1) is 11.3 Å². The fourth-order valence-electron chi connectivity index (χ4n) is 3.85. The zero-order chi connectivity index (χ0) is 23.2. The van der Waals surface area contributed by atoms with Crippen molar-refractivity contribution in [2.24, 2.45) is 0 Å². The molecular weight excluding hydrogens is 442 g/mol. The number of amides is 1. The summed E-state index contributed by atoms with van der Waals surface area (Å²) in [4.78, 5) is 18.3. The first-order valence-corrected chi connectivity index (χ1v) is 12.1. The van der Waals surface area contributed by atoms with Gasteiger partial charge in [0.1, 0.15) is 0 Å². The van der Waals surface area contributed by atoms with Crippen molar-refractivity contribution in [3.63, 3.8) is 0 Å². The van der Waals surface area contributed by atoms with Gasteiger partial charge in [0.05, 0.1) is 25.3 Å². The molecule has 0 aliphatic heterocycles. The van der Waals surface area contributed by atoms with Gasteiger partial charge in [-0.3, -0.25) is 9.20 Å². The zero-order valence-electron chi connectivity index (χ0n) is 18.7. The van der Waals surface area contributed by atoms with Crippen molar-refractivity contribution in [3.8, 4) is 11.3 Å². The smallest absolute Gasteiger partial charge is 0.226 e. The molecule has 0 aliphatic carbocycles. The fourth-order valence-corrected chi connectivity index (χ4v) is 4.72. The lowest BCUT2D eigenvalue weighted by molar-refractivity contribution is -0.120. The Bertz CT molecular complexity index is 1380. The molecule has 0 spiro atoms. The molecule has 0 aliphatic rings. The predicted molar refractivity (Wildman–Crippen MR) is 135 cm³/mol. The van der Waals surface area contributed by atoms with Crippen LogP contribution in [0.4, 0.5) is 0 Å². The highest BCUT2D eigenvalue weighted by molar-refractivity contribution is 7.15. The first kappa shape index (κ1) is 22.1. The van der Waals surface area contributed by atoms with Crippen LogP contribution in [0.25, 0.3) is 16.2 Å². The van der Waals surface area contributed by atoms with Gasteiger partial charge >= 0.3 is 0 Å². The van der Waals surface area contributed by atoms with Crippen LogP contribution in [0.1, 0.15) is 22.4 Å². The third-order valence-corrected chi connectivity index (χ3v) is 6.55. The van der Waals surface area contributed by atoms with E-state index in [0.717, 1.165) is 38.6 Å². The number of nitrogens with zero attached hydrogens (tertiary/aromatic N) is 2. The predicted octanol–water partition coefficient (Wildman–Crippen LogP) is 5.64. The lowest BCUT2D eigenvalue weighted by Gasteiger charge is -2.11. The average molecular weight is 468 g/mol. The second-order valence-electron chi connectivity index (χ2n) is 8.07. The number of hydrogen-bond acceptors (Lipinski definition) is 4. The molecule has 5 rings (SSSR count). The van der Waals surface area contributed by atoms with E-state index >= 15 is 0 Å². The largest absolute Gasteiger partial charge is 0.372 e. The molecule has 1 amide bonds. The van der Waals surface area contributed by atoms with Crippen LogP contribution in [-0.4, -0.2) is 15.3 Å². The van der Waals surface area contributed by atoms with Gasteiger partial charge in [-0.2, -0.15) is 0 Å². The summed E-state index contributed by atoms with van der Waals surface area (Å²) in [5.41, 5.74) is 6.21. The Morgan fingerprint density at radius 2 is 1.59 bits per heavy atom. The van der Waals surface area contributed by atoms with Gasteiger partial charge in [-0.05, 0) is 16.7 Å².